The number of hydrogen-bond donors (Lipinski definition) is 2. The van der Waals surface area contributed by atoms with E-state index in [2.05, 4.69) is 32.3 Å². The quantitative estimate of drug-likeness (QED) is 0.284. The summed E-state index contributed by atoms with van der Waals surface area (Å²) in [5.74, 6) is 1.46. The molecule has 9 heteroatoms. The van der Waals surface area contributed by atoms with Crippen molar-refractivity contribution in [2.24, 2.45) is 10.9 Å². The van der Waals surface area contributed by atoms with Gasteiger partial charge in [-0.15, -0.1) is 24.0 Å². The monoisotopic (exact) mass is 570 g/mol. The fraction of sp³-hybridized carbons (Fsp3) is 0.625. The zero-order valence-corrected chi connectivity index (χ0v) is 22.5. The molecule has 0 radical (unpaired) electrons. The molecule has 1 heterocycles. The van der Waals surface area contributed by atoms with Crippen LogP contribution in [0, 0.1) is 5.92 Å². The SMILES string of the molecule is CCNC(=NCc1ccc(C(=O)N(C)C)cc1)NCCN1CCN(C(=O)C2CCC2)CC1.I. The van der Waals surface area contributed by atoms with Crippen molar-refractivity contribution in [3.05, 3.63) is 35.4 Å². The molecule has 2 aliphatic rings. The zero-order chi connectivity index (χ0) is 22.9. The first-order valence-electron chi connectivity index (χ1n) is 11.8. The number of rotatable bonds is 8. The lowest BCUT2D eigenvalue weighted by molar-refractivity contribution is -0.139. The van der Waals surface area contributed by atoms with Crippen molar-refractivity contribution in [2.75, 3.05) is 59.9 Å². The van der Waals surface area contributed by atoms with E-state index in [0.29, 0.717) is 23.9 Å². The minimum Gasteiger partial charge on any atom is -0.357 e. The average molecular weight is 571 g/mol. The highest BCUT2D eigenvalue weighted by Crippen LogP contribution is 2.28. The Hall–Kier alpha value is -1.88. The highest BCUT2D eigenvalue weighted by Gasteiger charge is 2.30. The number of carbonyl (C=O) groups is 2. The zero-order valence-electron chi connectivity index (χ0n) is 20.2. The third kappa shape index (κ3) is 8.13. The van der Waals surface area contributed by atoms with E-state index in [9.17, 15) is 9.59 Å². The summed E-state index contributed by atoms with van der Waals surface area (Å²) >= 11 is 0. The van der Waals surface area contributed by atoms with E-state index in [1.54, 1.807) is 19.0 Å². The molecule has 184 valence electrons. The number of benzene rings is 1. The van der Waals surface area contributed by atoms with Crippen LogP contribution in [-0.4, -0.2) is 92.4 Å². The molecule has 1 aliphatic heterocycles. The number of hydrogen-bond acceptors (Lipinski definition) is 4. The standard InChI is InChI=1S/C24H38N6O2.HI/c1-4-25-24(27-18-19-8-10-21(11-9-19)22(31)28(2)3)26-12-13-29-14-16-30(17-15-29)23(32)20-6-5-7-20;/h8-11,20H,4-7,12-18H2,1-3H3,(H2,25,26,27);1H. The molecule has 1 saturated carbocycles. The molecule has 1 aliphatic carbocycles. The Morgan fingerprint density at radius 1 is 1.06 bits per heavy atom. The molecule has 1 aromatic rings. The third-order valence-electron chi connectivity index (χ3n) is 6.23. The Morgan fingerprint density at radius 2 is 1.73 bits per heavy atom. The van der Waals surface area contributed by atoms with Gasteiger partial charge < -0.3 is 20.4 Å². The first-order valence-corrected chi connectivity index (χ1v) is 11.8. The van der Waals surface area contributed by atoms with Crippen molar-refractivity contribution in [1.82, 2.24) is 25.3 Å². The summed E-state index contributed by atoms with van der Waals surface area (Å²) in [4.78, 5) is 35.1. The van der Waals surface area contributed by atoms with Gasteiger partial charge >= 0.3 is 0 Å². The maximum Gasteiger partial charge on any atom is 0.253 e. The van der Waals surface area contributed by atoms with Crippen molar-refractivity contribution < 1.29 is 9.59 Å². The summed E-state index contributed by atoms with van der Waals surface area (Å²) < 4.78 is 0. The van der Waals surface area contributed by atoms with Crippen LogP contribution in [0.15, 0.2) is 29.3 Å². The summed E-state index contributed by atoms with van der Waals surface area (Å²) in [6.07, 6.45) is 3.36. The van der Waals surface area contributed by atoms with Crippen LogP contribution in [0.3, 0.4) is 0 Å². The molecule has 2 amide bonds. The Bertz CT molecular complexity index is 787. The lowest BCUT2D eigenvalue weighted by Gasteiger charge is -2.38. The number of nitrogens with one attached hydrogen (secondary N) is 2. The number of halogens is 1. The largest absolute Gasteiger partial charge is 0.357 e. The van der Waals surface area contributed by atoms with Crippen molar-refractivity contribution in [3.63, 3.8) is 0 Å². The van der Waals surface area contributed by atoms with Crippen molar-refractivity contribution >= 4 is 41.8 Å². The van der Waals surface area contributed by atoms with Crippen LogP contribution < -0.4 is 10.6 Å². The van der Waals surface area contributed by atoms with Crippen LogP contribution in [0.2, 0.25) is 0 Å². The highest BCUT2D eigenvalue weighted by atomic mass is 127. The van der Waals surface area contributed by atoms with E-state index in [-0.39, 0.29) is 29.9 Å². The van der Waals surface area contributed by atoms with E-state index in [1.807, 2.05) is 24.3 Å². The van der Waals surface area contributed by atoms with Gasteiger partial charge in [0, 0.05) is 71.4 Å². The number of aliphatic imine (C=N–C) groups is 1. The topological polar surface area (TPSA) is 80.3 Å². The molecule has 1 aromatic carbocycles. The van der Waals surface area contributed by atoms with E-state index in [4.69, 9.17) is 0 Å². The fourth-order valence-electron chi connectivity index (χ4n) is 3.96. The van der Waals surface area contributed by atoms with Gasteiger partial charge in [-0.2, -0.15) is 0 Å². The number of guanidine groups is 1. The van der Waals surface area contributed by atoms with Gasteiger partial charge in [0.1, 0.15) is 0 Å². The second-order valence-corrected chi connectivity index (χ2v) is 8.81. The van der Waals surface area contributed by atoms with Gasteiger partial charge in [-0.25, -0.2) is 4.99 Å². The number of nitrogens with zero attached hydrogens (tertiary/aromatic N) is 4. The van der Waals surface area contributed by atoms with Crippen molar-refractivity contribution in [2.45, 2.75) is 32.7 Å². The molecular formula is C24H39IN6O2. The molecule has 33 heavy (non-hydrogen) atoms. The Kier molecular flexibility index (Phi) is 11.4. The minimum absolute atomic E-state index is 0. The summed E-state index contributed by atoms with van der Waals surface area (Å²) in [5, 5.41) is 6.70. The van der Waals surface area contributed by atoms with Crippen LogP contribution in [0.4, 0.5) is 0 Å². The highest BCUT2D eigenvalue weighted by molar-refractivity contribution is 14.0. The van der Waals surface area contributed by atoms with Crippen LogP contribution in [0.1, 0.15) is 42.1 Å². The first-order chi connectivity index (χ1) is 15.5. The lowest BCUT2D eigenvalue weighted by Crippen LogP contribution is -2.52. The number of amides is 2. The van der Waals surface area contributed by atoms with E-state index >= 15 is 0 Å². The minimum atomic E-state index is 0. The van der Waals surface area contributed by atoms with Crippen LogP contribution >= 0.6 is 24.0 Å². The molecule has 8 nitrogen and oxygen atoms in total. The molecular weight excluding hydrogens is 531 g/mol. The number of carbonyl (C=O) groups excluding carboxylic acids is 2. The average Bonchev–Trinajstić information content (AvgIpc) is 2.76. The van der Waals surface area contributed by atoms with Crippen molar-refractivity contribution in [3.8, 4) is 0 Å². The molecule has 0 aromatic heterocycles. The maximum atomic E-state index is 12.4. The van der Waals surface area contributed by atoms with Gasteiger partial charge in [-0.3, -0.25) is 14.5 Å². The summed E-state index contributed by atoms with van der Waals surface area (Å²) in [5.41, 5.74) is 1.74. The predicted molar refractivity (Wildman–Crippen MR) is 143 cm³/mol. The summed E-state index contributed by atoms with van der Waals surface area (Å²) in [6, 6.07) is 7.61. The van der Waals surface area contributed by atoms with Crippen LogP contribution in [-0.2, 0) is 11.3 Å². The molecule has 3 rings (SSSR count). The lowest BCUT2D eigenvalue weighted by atomic mass is 9.84. The van der Waals surface area contributed by atoms with E-state index in [1.165, 1.54) is 6.42 Å². The second-order valence-electron chi connectivity index (χ2n) is 8.81. The Morgan fingerprint density at radius 3 is 2.27 bits per heavy atom. The van der Waals surface area contributed by atoms with Gasteiger partial charge in [-0.1, -0.05) is 18.6 Å². The Labute approximate surface area is 215 Å². The molecule has 0 bridgehead atoms. The van der Waals surface area contributed by atoms with Gasteiger partial charge in [-0.05, 0) is 37.5 Å². The smallest absolute Gasteiger partial charge is 0.253 e. The summed E-state index contributed by atoms with van der Waals surface area (Å²) in [7, 11) is 3.51. The summed E-state index contributed by atoms with van der Waals surface area (Å²) in [6.45, 7) is 8.69. The van der Waals surface area contributed by atoms with Gasteiger partial charge in [0.15, 0.2) is 5.96 Å². The normalized spacial score (nSPS) is 17.1. The van der Waals surface area contributed by atoms with E-state index < -0.39 is 0 Å². The molecule has 0 atom stereocenters. The number of piperazine rings is 1. The van der Waals surface area contributed by atoms with Crippen LogP contribution in [0.5, 0.6) is 0 Å². The molecule has 2 fully saturated rings. The molecule has 0 unspecified atom stereocenters. The van der Waals surface area contributed by atoms with Gasteiger partial charge in [0.25, 0.3) is 5.91 Å². The predicted octanol–water partition coefficient (Wildman–Crippen LogP) is 2.01. The van der Waals surface area contributed by atoms with Gasteiger partial charge in [0.2, 0.25) is 5.91 Å². The Balaban J connectivity index is 0.00000385. The molecule has 0 spiro atoms. The van der Waals surface area contributed by atoms with Gasteiger partial charge in [0.05, 0.1) is 6.54 Å². The second kappa shape index (κ2) is 13.7. The van der Waals surface area contributed by atoms with Crippen molar-refractivity contribution in [1.29, 1.82) is 0 Å². The van der Waals surface area contributed by atoms with Crippen LogP contribution in [0.25, 0.3) is 0 Å². The van der Waals surface area contributed by atoms with E-state index in [0.717, 1.165) is 70.2 Å². The maximum absolute atomic E-state index is 12.4. The molecule has 2 N–H and O–H groups in total. The first kappa shape index (κ1) is 27.4. The third-order valence-corrected chi connectivity index (χ3v) is 6.23. The molecule has 1 saturated heterocycles. The fourth-order valence-corrected chi connectivity index (χ4v) is 3.96.